The minimum atomic E-state index is -0.0139. The monoisotopic (exact) mass is 234 g/mol. The van der Waals surface area contributed by atoms with Gasteiger partial charge in [0.1, 0.15) is 6.33 Å². The van der Waals surface area contributed by atoms with Crippen LogP contribution in [0.5, 0.6) is 11.9 Å². The maximum absolute atomic E-state index is 8.48. The Labute approximate surface area is 96.4 Å². The number of hydrogen-bond acceptors (Lipinski definition) is 6. The van der Waals surface area contributed by atoms with Crippen molar-refractivity contribution in [1.29, 1.82) is 0 Å². The molecular weight excluding hydrogens is 224 g/mol. The van der Waals surface area contributed by atoms with Crippen LogP contribution < -0.4 is 10.5 Å². The van der Waals surface area contributed by atoms with Crippen molar-refractivity contribution in [2.24, 2.45) is 17.9 Å². The molecule has 2 aromatic heterocycles. The minimum absolute atomic E-state index is 0.0139. The van der Waals surface area contributed by atoms with Gasteiger partial charge in [-0.15, -0.1) is 5.10 Å². The first-order valence-corrected chi connectivity index (χ1v) is 4.66. The first-order chi connectivity index (χ1) is 8.19. The Bertz CT molecular complexity index is 533. The Hall–Kier alpha value is -2.64. The molecule has 0 fully saturated rings. The Morgan fingerprint density at radius 2 is 2.29 bits per heavy atom. The number of nitrogens with two attached hydrogens (primary N) is 1. The summed E-state index contributed by atoms with van der Waals surface area (Å²) in [6.45, 7) is 0. The van der Waals surface area contributed by atoms with Crippen molar-refractivity contribution in [2.75, 3.05) is 0 Å². The number of pyridine rings is 1. The van der Waals surface area contributed by atoms with Crippen molar-refractivity contribution in [1.82, 2.24) is 19.7 Å². The van der Waals surface area contributed by atoms with Gasteiger partial charge in [0, 0.05) is 24.9 Å². The summed E-state index contributed by atoms with van der Waals surface area (Å²) in [7, 11) is 1.73. The Morgan fingerprint density at radius 3 is 2.82 bits per heavy atom. The summed E-state index contributed by atoms with van der Waals surface area (Å²) in [6.07, 6.45) is 2.94. The molecule has 3 N–H and O–H groups in total. The quantitative estimate of drug-likeness (QED) is 0.337. The SMILES string of the molecule is Cn1cnc(Oc2ccc(/C(N)=N/O)cn2)n1. The molecule has 0 saturated heterocycles. The first-order valence-electron chi connectivity index (χ1n) is 4.66. The topological polar surface area (TPSA) is 111 Å². The molecule has 0 radical (unpaired) electrons. The highest BCUT2D eigenvalue weighted by Crippen LogP contribution is 2.14. The van der Waals surface area contributed by atoms with Crippen molar-refractivity contribution in [3.05, 3.63) is 30.2 Å². The van der Waals surface area contributed by atoms with Crippen LogP contribution in [0.3, 0.4) is 0 Å². The van der Waals surface area contributed by atoms with Crippen LogP contribution in [0.4, 0.5) is 0 Å². The van der Waals surface area contributed by atoms with E-state index in [9.17, 15) is 0 Å². The molecule has 0 bridgehead atoms. The summed E-state index contributed by atoms with van der Waals surface area (Å²) < 4.78 is 6.78. The number of rotatable bonds is 3. The van der Waals surface area contributed by atoms with Crippen molar-refractivity contribution >= 4 is 5.84 Å². The van der Waals surface area contributed by atoms with Gasteiger partial charge < -0.3 is 15.7 Å². The van der Waals surface area contributed by atoms with Crippen molar-refractivity contribution < 1.29 is 9.94 Å². The lowest BCUT2D eigenvalue weighted by Crippen LogP contribution is -2.13. The number of nitrogens with zero attached hydrogens (tertiary/aromatic N) is 5. The zero-order chi connectivity index (χ0) is 12.3. The molecule has 0 amide bonds. The zero-order valence-corrected chi connectivity index (χ0v) is 8.98. The molecule has 2 rings (SSSR count). The van der Waals surface area contributed by atoms with Crippen LogP contribution in [0.2, 0.25) is 0 Å². The third kappa shape index (κ3) is 2.48. The van der Waals surface area contributed by atoms with Crippen LogP contribution in [-0.2, 0) is 7.05 Å². The lowest BCUT2D eigenvalue weighted by Gasteiger charge is -2.01. The van der Waals surface area contributed by atoms with Gasteiger partial charge in [-0.3, -0.25) is 4.68 Å². The summed E-state index contributed by atoms with van der Waals surface area (Å²) in [5.41, 5.74) is 5.89. The molecule has 88 valence electrons. The number of aryl methyl sites for hydroxylation is 1. The third-order valence-electron chi connectivity index (χ3n) is 1.91. The van der Waals surface area contributed by atoms with E-state index in [2.05, 4.69) is 20.2 Å². The fourth-order valence-electron chi connectivity index (χ4n) is 1.11. The number of oxime groups is 1. The second-order valence-corrected chi connectivity index (χ2v) is 3.17. The van der Waals surface area contributed by atoms with E-state index in [4.69, 9.17) is 15.7 Å². The molecule has 2 aromatic rings. The summed E-state index contributed by atoms with van der Waals surface area (Å²) in [6, 6.07) is 3.39. The summed E-state index contributed by atoms with van der Waals surface area (Å²) in [5.74, 6) is 0.311. The highest BCUT2D eigenvalue weighted by atomic mass is 16.5. The normalized spacial score (nSPS) is 11.5. The number of aromatic nitrogens is 4. The predicted octanol–water partition coefficient (Wildman–Crippen LogP) is 0.0969. The molecule has 0 atom stereocenters. The van der Waals surface area contributed by atoms with E-state index in [0.717, 1.165) is 0 Å². The average molecular weight is 234 g/mol. The highest BCUT2D eigenvalue weighted by Gasteiger charge is 2.04. The average Bonchev–Trinajstić information content (AvgIpc) is 2.75. The molecule has 8 nitrogen and oxygen atoms in total. The molecule has 0 aromatic carbocycles. The van der Waals surface area contributed by atoms with E-state index >= 15 is 0 Å². The number of ether oxygens (including phenoxy) is 1. The molecular formula is C9H10N6O2. The minimum Gasteiger partial charge on any atom is -0.409 e. The molecule has 17 heavy (non-hydrogen) atoms. The van der Waals surface area contributed by atoms with Gasteiger partial charge in [0.05, 0.1) is 0 Å². The smallest absolute Gasteiger partial charge is 0.342 e. The fraction of sp³-hybridized carbons (Fsp3) is 0.111. The van der Waals surface area contributed by atoms with E-state index in [1.54, 1.807) is 19.2 Å². The molecule has 0 saturated carbocycles. The molecule has 0 spiro atoms. The van der Waals surface area contributed by atoms with Crippen LogP contribution in [0, 0.1) is 0 Å². The summed E-state index contributed by atoms with van der Waals surface area (Å²) >= 11 is 0. The van der Waals surface area contributed by atoms with E-state index in [1.165, 1.54) is 17.2 Å². The van der Waals surface area contributed by atoms with Gasteiger partial charge in [0.2, 0.25) is 5.88 Å². The predicted molar refractivity (Wildman–Crippen MR) is 57.8 cm³/mol. The Balaban J connectivity index is 2.13. The summed E-state index contributed by atoms with van der Waals surface area (Å²) in [4.78, 5) is 7.85. The van der Waals surface area contributed by atoms with Gasteiger partial charge in [-0.1, -0.05) is 5.16 Å². The van der Waals surface area contributed by atoms with Gasteiger partial charge in [-0.2, -0.15) is 4.98 Å². The Kier molecular flexibility index (Phi) is 2.86. The Morgan fingerprint density at radius 1 is 1.47 bits per heavy atom. The highest BCUT2D eigenvalue weighted by molar-refractivity contribution is 5.96. The molecule has 2 heterocycles. The summed E-state index contributed by atoms with van der Waals surface area (Å²) in [5, 5.41) is 15.3. The number of hydrogen-bond donors (Lipinski definition) is 2. The maximum Gasteiger partial charge on any atom is 0.342 e. The van der Waals surface area contributed by atoms with Crippen molar-refractivity contribution in [3.8, 4) is 11.9 Å². The molecule has 0 aliphatic rings. The third-order valence-corrected chi connectivity index (χ3v) is 1.91. The molecule has 0 aliphatic carbocycles. The van der Waals surface area contributed by atoms with E-state index in [0.29, 0.717) is 11.4 Å². The molecule has 8 heteroatoms. The number of amidine groups is 1. The zero-order valence-electron chi connectivity index (χ0n) is 8.98. The van der Waals surface area contributed by atoms with Gasteiger partial charge in [0.15, 0.2) is 5.84 Å². The second-order valence-electron chi connectivity index (χ2n) is 3.17. The molecule has 0 unspecified atom stereocenters. The fourth-order valence-corrected chi connectivity index (χ4v) is 1.11. The second kappa shape index (κ2) is 4.47. The van der Waals surface area contributed by atoms with Gasteiger partial charge in [-0.05, 0) is 6.07 Å². The van der Waals surface area contributed by atoms with Gasteiger partial charge in [-0.25, -0.2) is 4.98 Å². The first kappa shape index (κ1) is 10.9. The molecule has 0 aliphatic heterocycles. The van der Waals surface area contributed by atoms with Gasteiger partial charge >= 0.3 is 6.01 Å². The van der Waals surface area contributed by atoms with E-state index in [1.807, 2.05) is 0 Å². The van der Waals surface area contributed by atoms with E-state index in [-0.39, 0.29) is 11.8 Å². The standard InChI is InChI=1S/C9H10N6O2/c1-15-5-12-9(13-15)17-7-3-2-6(4-11-7)8(10)14-16/h2-5,16H,1H3,(H2,10,14). The van der Waals surface area contributed by atoms with Crippen LogP contribution in [0.1, 0.15) is 5.56 Å². The van der Waals surface area contributed by atoms with Crippen LogP contribution >= 0.6 is 0 Å². The largest absolute Gasteiger partial charge is 0.409 e. The van der Waals surface area contributed by atoms with Crippen LogP contribution in [0.15, 0.2) is 29.8 Å². The van der Waals surface area contributed by atoms with Crippen molar-refractivity contribution in [2.45, 2.75) is 0 Å². The van der Waals surface area contributed by atoms with Crippen LogP contribution in [-0.4, -0.2) is 30.8 Å². The lowest BCUT2D eigenvalue weighted by atomic mass is 10.3. The van der Waals surface area contributed by atoms with Crippen molar-refractivity contribution in [3.63, 3.8) is 0 Å². The van der Waals surface area contributed by atoms with Crippen LogP contribution in [0.25, 0.3) is 0 Å². The lowest BCUT2D eigenvalue weighted by molar-refractivity contribution is 0.318. The van der Waals surface area contributed by atoms with E-state index < -0.39 is 0 Å². The van der Waals surface area contributed by atoms with Gasteiger partial charge in [0.25, 0.3) is 0 Å². The maximum atomic E-state index is 8.48.